The van der Waals surface area contributed by atoms with Gasteiger partial charge in [-0.1, -0.05) is 47.5 Å². The first-order valence-electron chi connectivity index (χ1n) is 9.08. The fourth-order valence-electron chi connectivity index (χ4n) is 3.69. The van der Waals surface area contributed by atoms with Crippen molar-refractivity contribution in [1.82, 2.24) is 10.3 Å². The quantitative estimate of drug-likeness (QED) is 0.417. The fraction of sp³-hybridized carbons (Fsp3) is 0.300. The van der Waals surface area contributed by atoms with Crippen molar-refractivity contribution in [2.45, 2.75) is 24.8 Å². The van der Waals surface area contributed by atoms with Crippen LogP contribution in [0.15, 0.2) is 30.3 Å². The molecule has 1 aromatic carbocycles. The van der Waals surface area contributed by atoms with Crippen LogP contribution in [-0.2, 0) is 11.2 Å². The van der Waals surface area contributed by atoms with Gasteiger partial charge >= 0.3 is 5.97 Å². The van der Waals surface area contributed by atoms with Gasteiger partial charge in [0.05, 0.1) is 21.7 Å². The molecule has 4 rings (SSSR count). The summed E-state index contributed by atoms with van der Waals surface area (Å²) in [6.07, 6.45) is 0.895. The Morgan fingerprint density at radius 2 is 2.10 bits per heavy atom. The lowest BCUT2D eigenvalue weighted by molar-refractivity contribution is -0.136. The minimum absolute atomic E-state index is 0.0439. The predicted octanol–water partition coefficient (Wildman–Crippen LogP) is 5.18. The van der Waals surface area contributed by atoms with Crippen molar-refractivity contribution in [2.75, 3.05) is 11.5 Å². The number of aromatic amines is 1. The van der Waals surface area contributed by atoms with Gasteiger partial charge in [-0.25, -0.2) is 0 Å². The molecular weight excluding hydrogens is 451 g/mol. The minimum Gasteiger partial charge on any atom is -0.481 e. The van der Waals surface area contributed by atoms with E-state index >= 15 is 0 Å². The van der Waals surface area contributed by atoms with Gasteiger partial charge in [0.15, 0.2) is 0 Å². The molecule has 29 heavy (non-hydrogen) atoms. The molecule has 152 valence electrons. The lowest BCUT2D eigenvalue weighted by Gasteiger charge is -2.21. The third-order valence-corrected chi connectivity index (χ3v) is 8.09. The number of carboxylic acids is 1. The smallest absolute Gasteiger partial charge is 0.304 e. The van der Waals surface area contributed by atoms with Crippen molar-refractivity contribution in [2.24, 2.45) is 0 Å². The molecule has 9 heteroatoms. The average Bonchev–Trinajstić information content (AvgIpc) is 3.32. The van der Waals surface area contributed by atoms with Crippen molar-refractivity contribution in [3.63, 3.8) is 0 Å². The standard InChI is InChI=1S/C20H18Cl2N2O3S2/c21-17-18-15(29-19(17)22)8-14(23-18)20(27)24-13-7-10-3-1-2-4-11(10)12(13)9-28-6-5-16(25)26/h1-4,8,12-13,23H,5-7,9H2,(H,24,27)(H,25,26)/t12?,13-/m1/s1. The largest absolute Gasteiger partial charge is 0.481 e. The van der Waals surface area contributed by atoms with Crippen LogP contribution in [0, 0.1) is 0 Å². The molecule has 2 aromatic heterocycles. The molecule has 1 aliphatic carbocycles. The first-order chi connectivity index (χ1) is 13.9. The Labute approximate surface area is 185 Å². The minimum atomic E-state index is -0.792. The van der Waals surface area contributed by atoms with Gasteiger partial charge in [-0.2, -0.15) is 11.8 Å². The molecule has 3 aromatic rings. The van der Waals surface area contributed by atoms with Crippen LogP contribution in [0.25, 0.3) is 10.2 Å². The Kier molecular flexibility index (Phi) is 6.11. The number of fused-ring (bicyclic) bond motifs is 2. The first kappa shape index (κ1) is 20.6. The third kappa shape index (κ3) is 4.28. The summed E-state index contributed by atoms with van der Waals surface area (Å²) < 4.78 is 1.35. The summed E-state index contributed by atoms with van der Waals surface area (Å²) in [5.41, 5.74) is 3.59. The zero-order chi connectivity index (χ0) is 20.5. The number of nitrogens with one attached hydrogen (secondary N) is 2. The third-order valence-electron chi connectivity index (χ3n) is 5.07. The molecule has 1 unspecified atom stereocenters. The van der Waals surface area contributed by atoms with Crippen LogP contribution in [-0.4, -0.2) is 39.5 Å². The number of aromatic nitrogens is 1. The molecule has 2 heterocycles. The van der Waals surface area contributed by atoms with E-state index in [1.807, 2.05) is 12.1 Å². The number of rotatable bonds is 7. The van der Waals surface area contributed by atoms with Gasteiger partial charge < -0.3 is 15.4 Å². The molecule has 1 aliphatic rings. The highest BCUT2D eigenvalue weighted by molar-refractivity contribution is 7.99. The summed E-state index contributed by atoms with van der Waals surface area (Å²) in [5, 5.41) is 12.4. The van der Waals surface area contributed by atoms with E-state index < -0.39 is 5.97 Å². The Bertz CT molecular complexity index is 1080. The second-order valence-electron chi connectivity index (χ2n) is 6.92. The van der Waals surface area contributed by atoms with Crippen LogP contribution in [0.5, 0.6) is 0 Å². The molecule has 3 N–H and O–H groups in total. The zero-order valence-corrected chi connectivity index (χ0v) is 18.4. The van der Waals surface area contributed by atoms with Crippen molar-refractivity contribution >= 4 is 68.4 Å². The molecular formula is C20H18Cl2N2O3S2. The molecule has 0 spiro atoms. The maximum absolute atomic E-state index is 12.9. The topological polar surface area (TPSA) is 82.2 Å². The number of halogens is 2. The number of carboxylic acid groups (broad SMARTS) is 1. The number of amides is 1. The van der Waals surface area contributed by atoms with E-state index in [0.717, 1.165) is 16.9 Å². The van der Waals surface area contributed by atoms with E-state index in [1.165, 1.54) is 22.5 Å². The van der Waals surface area contributed by atoms with E-state index in [9.17, 15) is 9.59 Å². The summed E-state index contributed by atoms with van der Waals surface area (Å²) >= 11 is 15.2. The van der Waals surface area contributed by atoms with E-state index in [4.69, 9.17) is 28.3 Å². The molecule has 2 atom stereocenters. The van der Waals surface area contributed by atoms with Crippen LogP contribution < -0.4 is 5.32 Å². The predicted molar refractivity (Wildman–Crippen MR) is 120 cm³/mol. The number of thioether (sulfide) groups is 1. The second-order valence-corrected chi connectivity index (χ2v) is 10.1. The van der Waals surface area contributed by atoms with Crippen LogP contribution in [0.4, 0.5) is 0 Å². The Hall–Kier alpha value is -1.67. The SMILES string of the molecule is O=C(O)CCSCC1c2ccccc2C[C@H]1NC(=O)c1cc2sc(Cl)c(Cl)c2[nH]1. The number of hydrogen-bond acceptors (Lipinski definition) is 4. The highest BCUT2D eigenvalue weighted by Gasteiger charge is 2.33. The van der Waals surface area contributed by atoms with Gasteiger partial charge in [-0.05, 0) is 23.6 Å². The van der Waals surface area contributed by atoms with Gasteiger partial charge in [0.1, 0.15) is 10.0 Å². The van der Waals surface area contributed by atoms with Crippen molar-refractivity contribution in [1.29, 1.82) is 0 Å². The van der Waals surface area contributed by atoms with E-state index in [2.05, 4.69) is 22.4 Å². The van der Waals surface area contributed by atoms with E-state index in [0.29, 0.717) is 26.3 Å². The number of H-pyrrole nitrogens is 1. The Morgan fingerprint density at radius 1 is 1.31 bits per heavy atom. The van der Waals surface area contributed by atoms with Gasteiger partial charge in [0, 0.05) is 23.5 Å². The molecule has 5 nitrogen and oxygen atoms in total. The maximum Gasteiger partial charge on any atom is 0.304 e. The summed E-state index contributed by atoms with van der Waals surface area (Å²) in [5.74, 6) is 0.485. The maximum atomic E-state index is 12.9. The van der Waals surface area contributed by atoms with Gasteiger partial charge in [-0.15, -0.1) is 11.3 Å². The molecule has 0 aliphatic heterocycles. The highest BCUT2D eigenvalue weighted by atomic mass is 35.5. The van der Waals surface area contributed by atoms with E-state index in [1.54, 1.807) is 17.8 Å². The molecule has 0 saturated heterocycles. The summed E-state index contributed by atoms with van der Waals surface area (Å²) in [6.45, 7) is 0. The monoisotopic (exact) mass is 468 g/mol. The van der Waals surface area contributed by atoms with Crippen molar-refractivity contribution in [3.05, 3.63) is 56.5 Å². The number of carbonyl (C=O) groups is 2. The number of benzene rings is 1. The second kappa shape index (κ2) is 8.60. The Balaban J connectivity index is 1.49. The molecule has 0 bridgehead atoms. The molecule has 0 radical (unpaired) electrons. The normalized spacial score (nSPS) is 18.1. The van der Waals surface area contributed by atoms with Gasteiger partial charge in [0.25, 0.3) is 5.91 Å². The van der Waals surface area contributed by atoms with Crippen LogP contribution in [0.2, 0.25) is 9.36 Å². The number of aliphatic carboxylic acids is 1. The Morgan fingerprint density at radius 3 is 2.86 bits per heavy atom. The number of hydrogen-bond donors (Lipinski definition) is 3. The van der Waals surface area contributed by atoms with Gasteiger partial charge in [-0.3, -0.25) is 9.59 Å². The highest BCUT2D eigenvalue weighted by Crippen LogP contribution is 2.39. The van der Waals surface area contributed by atoms with Crippen LogP contribution in [0.3, 0.4) is 0 Å². The number of thiophene rings is 1. The molecule has 1 amide bonds. The summed E-state index contributed by atoms with van der Waals surface area (Å²) in [4.78, 5) is 26.7. The van der Waals surface area contributed by atoms with Crippen LogP contribution >= 0.6 is 46.3 Å². The average molecular weight is 469 g/mol. The number of carbonyl (C=O) groups excluding carboxylic acids is 1. The summed E-state index contributed by atoms with van der Waals surface area (Å²) in [6, 6.07) is 9.91. The van der Waals surface area contributed by atoms with Crippen LogP contribution in [0.1, 0.15) is 34.0 Å². The van der Waals surface area contributed by atoms with Crippen molar-refractivity contribution in [3.8, 4) is 0 Å². The molecule has 0 fully saturated rings. The fourth-order valence-corrected chi connectivity index (χ4v) is 6.33. The van der Waals surface area contributed by atoms with E-state index in [-0.39, 0.29) is 24.3 Å². The lowest BCUT2D eigenvalue weighted by atomic mass is 10.0. The zero-order valence-electron chi connectivity index (χ0n) is 15.2. The van der Waals surface area contributed by atoms with Crippen molar-refractivity contribution < 1.29 is 14.7 Å². The lowest BCUT2D eigenvalue weighted by Crippen LogP contribution is -2.38. The summed E-state index contributed by atoms with van der Waals surface area (Å²) in [7, 11) is 0. The van der Waals surface area contributed by atoms with Gasteiger partial charge in [0.2, 0.25) is 0 Å². The molecule has 0 saturated carbocycles. The first-order valence-corrected chi connectivity index (χ1v) is 11.8.